The zero-order valence-electron chi connectivity index (χ0n) is 10.2. The monoisotopic (exact) mass is 206 g/mol. The van der Waals surface area contributed by atoms with Crippen molar-refractivity contribution in [2.45, 2.75) is 33.7 Å². The number of likely N-dealkylation sites (N-methyl/N-ethyl adjacent to an activating group) is 1. The van der Waals surface area contributed by atoms with E-state index >= 15 is 0 Å². The van der Waals surface area contributed by atoms with Crippen LogP contribution in [0.15, 0.2) is 18.2 Å². The third-order valence-corrected chi connectivity index (χ3v) is 2.75. The van der Waals surface area contributed by atoms with Crippen LogP contribution in [0.2, 0.25) is 0 Å². The Kier molecular flexibility index (Phi) is 4.15. The Morgan fingerprint density at radius 2 is 1.73 bits per heavy atom. The lowest BCUT2D eigenvalue weighted by Crippen LogP contribution is -2.38. The molecule has 84 valence electrons. The minimum absolute atomic E-state index is 0.399. The second kappa shape index (κ2) is 5.17. The van der Waals surface area contributed by atoms with Crippen LogP contribution in [-0.4, -0.2) is 19.1 Å². The van der Waals surface area contributed by atoms with Gasteiger partial charge in [0.15, 0.2) is 0 Å². The van der Waals surface area contributed by atoms with E-state index in [1.807, 2.05) is 0 Å². The molecule has 2 heteroatoms. The van der Waals surface area contributed by atoms with Crippen molar-refractivity contribution < 1.29 is 0 Å². The number of nitrogens with two attached hydrogens (primary N) is 1. The molecule has 15 heavy (non-hydrogen) atoms. The largest absolute Gasteiger partial charge is 0.368 e. The van der Waals surface area contributed by atoms with E-state index in [4.69, 9.17) is 5.73 Å². The molecule has 2 N–H and O–H groups in total. The van der Waals surface area contributed by atoms with Crippen molar-refractivity contribution in [2.75, 3.05) is 18.0 Å². The van der Waals surface area contributed by atoms with Gasteiger partial charge in [-0.05, 0) is 51.0 Å². The number of aryl methyl sites for hydroxylation is 2. The predicted octanol–water partition coefficient (Wildman–Crippen LogP) is 2.48. The molecule has 1 aromatic carbocycles. The first-order valence-electron chi connectivity index (χ1n) is 5.63. The molecule has 0 aliphatic rings. The number of hydrogen-bond acceptors (Lipinski definition) is 2. The minimum atomic E-state index is 0.399. The highest BCUT2D eigenvalue weighted by Gasteiger charge is 2.11. The Morgan fingerprint density at radius 1 is 1.20 bits per heavy atom. The smallest absolute Gasteiger partial charge is 0.0383 e. The van der Waals surface area contributed by atoms with E-state index in [1.54, 1.807) is 0 Å². The molecule has 0 aliphatic carbocycles. The molecule has 0 bridgehead atoms. The summed E-state index contributed by atoms with van der Waals surface area (Å²) in [6, 6.07) is 7.05. The van der Waals surface area contributed by atoms with Crippen LogP contribution >= 0.6 is 0 Å². The molecule has 1 rings (SSSR count). The number of hydrogen-bond donors (Lipinski definition) is 1. The number of benzene rings is 1. The molecule has 0 spiro atoms. The van der Waals surface area contributed by atoms with Crippen LogP contribution in [0, 0.1) is 13.8 Å². The van der Waals surface area contributed by atoms with E-state index in [1.165, 1.54) is 16.8 Å². The van der Waals surface area contributed by atoms with Gasteiger partial charge < -0.3 is 10.6 Å². The molecule has 2 nitrogen and oxygen atoms in total. The zero-order valence-corrected chi connectivity index (χ0v) is 10.2. The van der Waals surface area contributed by atoms with Gasteiger partial charge in [-0.15, -0.1) is 0 Å². The topological polar surface area (TPSA) is 29.3 Å². The van der Waals surface area contributed by atoms with Crippen molar-refractivity contribution >= 4 is 5.69 Å². The first-order chi connectivity index (χ1) is 7.08. The molecule has 0 fully saturated rings. The first kappa shape index (κ1) is 12.1. The first-order valence-corrected chi connectivity index (χ1v) is 5.63. The molecule has 1 unspecified atom stereocenters. The molecule has 1 atom stereocenters. The second-order valence-corrected chi connectivity index (χ2v) is 4.22. The summed E-state index contributed by atoms with van der Waals surface area (Å²) >= 11 is 0. The summed E-state index contributed by atoms with van der Waals surface area (Å²) in [5.74, 6) is 0. The molecule has 0 amide bonds. The summed E-state index contributed by atoms with van der Waals surface area (Å²) in [6.45, 7) is 10.3. The minimum Gasteiger partial charge on any atom is -0.368 e. The van der Waals surface area contributed by atoms with Crippen LogP contribution in [0.25, 0.3) is 0 Å². The van der Waals surface area contributed by atoms with Crippen molar-refractivity contribution in [3.8, 4) is 0 Å². The van der Waals surface area contributed by atoms with Gasteiger partial charge in [0.1, 0.15) is 0 Å². The lowest BCUT2D eigenvalue weighted by atomic mass is 10.1. The Hall–Kier alpha value is -1.02. The quantitative estimate of drug-likeness (QED) is 0.820. The lowest BCUT2D eigenvalue weighted by molar-refractivity contribution is 0.657. The zero-order chi connectivity index (χ0) is 11.4. The average molecular weight is 206 g/mol. The number of nitrogens with zero attached hydrogens (tertiary/aromatic N) is 1. The van der Waals surface area contributed by atoms with Crippen molar-refractivity contribution in [1.29, 1.82) is 0 Å². The SMILES string of the molecule is CCN(c1cc(C)cc(C)c1)C(C)CN. The van der Waals surface area contributed by atoms with E-state index in [0.29, 0.717) is 12.6 Å². The molecule has 0 aliphatic heterocycles. The maximum absolute atomic E-state index is 5.72. The standard InChI is InChI=1S/C13H22N2/c1-5-15(12(4)9-14)13-7-10(2)6-11(3)8-13/h6-8,12H,5,9,14H2,1-4H3. The van der Waals surface area contributed by atoms with Gasteiger partial charge in [0.25, 0.3) is 0 Å². The molecular weight excluding hydrogens is 184 g/mol. The van der Waals surface area contributed by atoms with Crippen LogP contribution in [-0.2, 0) is 0 Å². The van der Waals surface area contributed by atoms with Crippen LogP contribution in [0.3, 0.4) is 0 Å². The van der Waals surface area contributed by atoms with Crippen LogP contribution in [0.4, 0.5) is 5.69 Å². The summed E-state index contributed by atoms with van der Waals surface area (Å²) in [7, 11) is 0. The Balaban J connectivity index is 3.01. The van der Waals surface area contributed by atoms with Gasteiger partial charge in [-0.3, -0.25) is 0 Å². The Labute approximate surface area is 93.1 Å². The Morgan fingerprint density at radius 3 is 2.13 bits per heavy atom. The third kappa shape index (κ3) is 2.96. The molecule has 0 aromatic heterocycles. The van der Waals surface area contributed by atoms with Gasteiger partial charge in [-0.1, -0.05) is 6.07 Å². The van der Waals surface area contributed by atoms with Crippen molar-refractivity contribution in [2.24, 2.45) is 5.73 Å². The molecular formula is C13H22N2. The fourth-order valence-corrected chi connectivity index (χ4v) is 1.99. The molecule has 0 saturated carbocycles. The van der Waals surface area contributed by atoms with Gasteiger partial charge >= 0.3 is 0 Å². The molecule has 0 radical (unpaired) electrons. The average Bonchev–Trinajstić information content (AvgIpc) is 2.17. The van der Waals surface area contributed by atoms with Gasteiger partial charge in [-0.25, -0.2) is 0 Å². The number of anilines is 1. The summed E-state index contributed by atoms with van der Waals surface area (Å²) in [4.78, 5) is 2.35. The fraction of sp³-hybridized carbons (Fsp3) is 0.538. The maximum atomic E-state index is 5.72. The highest BCUT2D eigenvalue weighted by atomic mass is 15.2. The third-order valence-electron chi connectivity index (χ3n) is 2.75. The van der Waals surface area contributed by atoms with Crippen LogP contribution in [0.1, 0.15) is 25.0 Å². The molecule has 0 saturated heterocycles. The second-order valence-electron chi connectivity index (χ2n) is 4.22. The predicted molar refractivity (Wildman–Crippen MR) is 67.5 cm³/mol. The summed E-state index contributed by atoms with van der Waals surface area (Å²) in [5, 5.41) is 0. The normalized spacial score (nSPS) is 12.6. The van der Waals surface area contributed by atoms with Crippen LogP contribution < -0.4 is 10.6 Å². The Bertz CT molecular complexity index is 300. The highest BCUT2D eigenvalue weighted by molar-refractivity contribution is 5.51. The van der Waals surface area contributed by atoms with Gasteiger partial charge in [0.05, 0.1) is 0 Å². The molecule has 0 heterocycles. The van der Waals surface area contributed by atoms with E-state index < -0.39 is 0 Å². The van der Waals surface area contributed by atoms with E-state index in [9.17, 15) is 0 Å². The van der Waals surface area contributed by atoms with Gasteiger partial charge in [0.2, 0.25) is 0 Å². The molecule has 1 aromatic rings. The van der Waals surface area contributed by atoms with Gasteiger partial charge in [0, 0.05) is 24.8 Å². The van der Waals surface area contributed by atoms with E-state index in [0.717, 1.165) is 6.54 Å². The lowest BCUT2D eigenvalue weighted by Gasteiger charge is -2.29. The fourth-order valence-electron chi connectivity index (χ4n) is 1.99. The van der Waals surface area contributed by atoms with Crippen molar-refractivity contribution in [1.82, 2.24) is 0 Å². The van der Waals surface area contributed by atoms with Crippen LogP contribution in [0.5, 0.6) is 0 Å². The summed E-state index contributed by atoms with van der Waals surface area (Å²) < 4.78 is 0. The summed E-state index contributed by atoms with van der Waals surface area (Å²) in [6.07, 6.45) is 0. The maximum Gasteiger partial charge on any atom is 0.0383 e. The highest BCUT2D eigenvalue weighted by Crippen LogP contribution is 2.20. The van der Waals surface area contributed by atoms with E-state index in [2.05, 4.69) is 50.8 Å². The van der Waals surface area contributed by atoms with Crippen molar-refractivity contribution in [3.63, 3.8) is 0 Å². The van der Waals surface area contributed by atoms with Gasteiger partial charge in [-0.2, -0.15) is 0 Å². The number of rotatable bonds is 4. The van der Waals surface area contributed by atoms with Crippen molar-refractivity contribution in [3.05, 3.63) is 29.3 Å². The van der Waals surface area contributed by atoms with E-state index in [-0.39, 0.29) is 0 Å². The summed E-state index contributed by atoms with van der Waals surface area (Å²) in [5.41, 5.74) is 9.63.